The molecule has 0 amide bonds. The largest absolute Gasteiger partial charge is 0.385 e. The van der Waals surface area contributed by atoms with Crippen LogP contribution in [0.5, 0.6) is 0 Å². The van der Waals surface area contributed by atoms with Crippen LogP contribution in [0.2, 0.25) is 0 Å². The van der Waals surface area contributed by atoms with E-state index in [0.29, 0.717) is 0 Å². The third kappa shape index (κ3) is 1.32. The number of nitrogens with one attached hydrogen (secondary N) is 1. The molecule has 0 saturated carbocycles. The van der Waals surface area contributed by atoms with Crippen LogP contribution >= 0.6 is 0 Å². The van der Waals surface area contributed by atoms with Crippen molar-refractivity contribution < 1.29 is 0 Å². The van der Waals surface area contributed by atoms with E-state index in [0.717, 1.165) is 6.54 Å². The minimum Gasteiger partial charge on any atom is -0.385 e. The molecule has 1 N–H and O–H groups in total. The lowest BCUT2D eigenvalue weighted by molar-refractivity contribution is 0.821. The highest BCUT2D eigenvalue weighted by atomic mass is 14.9. The van der Waals surface area contributed by atoms with Crippen molar-refractivity contribution in [2.24, 2.45) is 0 Å². The van der Waals surface area contributed by atoms with Gasteiger partial charge in [-0.15, -0.1) is 0 Å². The Morgan fingerprint density at radius 1 is 1.15 bits per heavy atom. The van der Waals surface area contributed by atoms with E-state index in [1.165, 1.54) is 40.8 Å². The van der Waals surface area contributed by atoms with Crippen LogP contribution in [-0.4, -0.2) is 6.54 Å². The molecule has 0 spiro atoms. The van der Waals surface area contributed by atoms with E-state index < -0.39 is 0 Å². The van der Waals surface area contributed by atoms with E-state index in [4.69, 9.17) is 0 Å². The monoisotopic (exact) mass is 175 g/mol. The average molecular weight is 175 g/mol. The van der Waals surface area contributed by atoms with Crippen LogP contribution in [0.3, 0.4) is 0 Å². The fourth-order valence-corrected chi connectivity index (χ4v) is 2.10. The standard InChI is InChI=1S/C12H17N/c1-8-7-12-11(5-4-6-13-12)10(3)9(8)2/h7,13H,4-6H2,1-3H3. The number of rotatable bonds is 0. The van der Waals surface area contributed by atoms with Gasteiger partial charge in [0.1, 0.15) is 0 Å². The number of fused-ring (bicyclic) bond motifs is 1. The van der Waals surface area contributed by atoms with Crippen molar-refractivity contribution in [1.29, 1.82) is 0 Å². The maximum atomic E-state index is 3.47. The third-order valence-electron chi connectivity index (χ3n) is 3.21. The number of hydrogen-bond donors (Lipinski definition) is 1. The molecular formula is C12H17N. The molecule has 13 heavy (non-hydrogen) atoms. The van der Waals surface area contributed by atoms with E-state index in [1.54, 1.807) is 0 Å². The molecule has 1 aliphatic heterocycles. The van der Waals surface area contributed by atoms with Gasteiger partial charge in [-0.05, 0) is 61.9 Å². The zero-order chi connectivity index (χ0) is 9.42. The molecule has 1 heterocycles. The molecule has 0 aromatic heterocycles. The summed E-state index contributed by atoms with van der Waals surface area (Å²) in [6.45, 7) is 7.79. The lowest BCUT2D eigenvalue weighted by Gasteiger charge is -2.22. The van der Waals surface area contributed by atoms with E-state index in [9.17, 15) is 0 Å². The Kier molecular flexibility index (Phi) is 2.03. The Balaban J connectivity index is 2.60. The van der Waals surface area contributed by atoms with Crippen LogP contribution in [0.1, 0.15) is 28.7 Å². The highest BCUT2D eigenvalue weighted by molar-refractivity contribution is 5.60. The Hall–Kier alpha value is -0.980. The van der Waals surface area contributed by atoms with Gasteiger partial charge in [0.15, 0.2) is 0 Å². The van der Waals surface area contributed by atoms with Gasteiger partial charge in [0.05, 0.1) is 0 Å². The summed E-state index contributed by atoms with van der Waals surface area (Å²) < 4.78 is 0. The lowest BCUT2D eigenvalue weighted by atomic mass is 9.92. The van der Waals surface area contributed by atoms with Crippen LogP contribution in [0.15, 0.2) is 6.07 Å². The van der Waals surface area contributed by atoms with Crippen molar-refractivity contribution in [2.75, 3.05) is 11.9 Å². The Bertz CT molecular complexity index is 339. The van der Waals surface area contributed by atoms with Crippen molar-refractivity contribution in [3.8, 4) is 0 Å². The van der Waals surface area contributed by atoms with Crippen molar-refractivity contribution in [3.05, 3.63) is 28.3 Å². The van der Waals surface area contributed by atoms with Crippen LogP contribution < -0.4 is 5.32 Å². The summed E-state index contributed by atoms with van der Waals surface area (Å²) in [5, 5.41) is 3.47. The van der Waals surface area contributed by atoms with Gasteiger partial charge in [0.2, 0.25) is 0 Å². The smallest absolute Gasteiger partial charge is 0.0378 e. The van der Waals surface area contributed by atoms with Gasteiger partial charge >= 0.3 is 0 Å². The topological polar surface area (TPSA) is 12.0 Å². The molecule has 0 radical (unpaired) electrons. The zero-order valence-electron chi connectivity index (χ0n) is 8.70. The summed E-state index contributed by atoms with van der Waals surface area (Å²) >= 11 is 0. The van der Waals surface area contributed by atoms with Crippen molar-refractivity contribution in [3.63, 3.8) is 0 Å². The molecule has 2 rings (SSSR count). The maximum absolute atomic E-state index is 3.47. The molecule has 0 aliphatic carbocycles. The molecule has 0 bridgehead atoms. The lowest BCUT2D eigenvalue weighted by Crippen LogP contribution is -2.13. The first-order valence-corrected chi connectivity index (χ1v) is 5.03. The molecule has 1 aromatic carbocycles. The molecule has 1 aromatic rings. The summed E-state index contributed by atoms with van der Waals surface area (Å²) in [5.41, 5.74) is 7.26. The second-order valence-electron chi connectivity index (χ2n) is 4.00. The van der Waals surface area contributed by atoms with Crippen molar-refractivity contribution in [1.82, 2.24) is 0 Å². The Morgan fingerprint density at radius 3 is 2.69 bits per heavy atom. The fourth-order valence-electron chi connectivity index (χ4n) is 2.10. The van der Waals surface area contributed by atoms with Gasteiger partial charge in [0.25, 0.3) is 0 Å². The molecule has 1 aliphatic rings. The van der Waals surface area contributed by atoms with Gasteiger partial charge in [-0.3, -0.25) is 0 Å². The highest BCUT2D eigenvalue weighted by Crippen LogP contribution is 2.29. The first kappa shape index (κ1) is 8.61. The Morgan fingerprint density at radius 2 is 1.92 bits per heavy atom. The van der Waals surface area contributed by atoms with Crippen LogP contribution in [0.25, 0.3) is 0 Å². The molecule has 70 valence electrons. The number of hydrogen-bond acceptors (Lipinski definition) is 1. The van der Waals surface area contributed by atoms with Gasteiger partial charge in [0, 0.05) is 12.2 Å². The highest BCUT2D eigenvalue weighted by Gasteiger charge is 2.13. The molecule has 0 atom stereocenters. The summed E-state index contributed by atoms with van der Waals surface area (Å²) in [7, 11) is 0. The van der Waals surface area contributed by atoms with E-state index in [1.807, 2.05) is 0 Å². The van der Waals surface area contributed by atoms with Gasteiger partial charge in [-0.2, -0.15) is 0 Å². The third-order valence-corrected chi connectivity index (χ3v) is 3.21. The van der Waals surface area contributed by atoms with Crippen LogP contribution in [-0.2, 0) is 6.42 Å². The zero-order valence-corrected chi connectivity index (χ0v) is 8.70. The molecule has 0 unspecified atom stereocenters. The molecule has 1 nitrogen and oxygen atoms in total. The molecule has 1 heteroatoms. The van der Waals surface area contributed by atoms with Crippen molar-refractivity contribution in [2.45, 2.75) is 33.6 Å². The molecule has 0 fully saturated rings. The summed E-state index contributed by atoms with van der Waals surface area (Å²) in [6.07, 6.45) is 2.52. The van der Waals surface area contributed by atoms with Crippen LogP contribution in [0.4, 0.5) is 5.69 Å². The SMILES string of the molecule is Cc1cc2c(c(C)c1C)CCCN2. The van der Waals surface area contributed by atoms with Gasteiger partial charge < -0.3 is 5.32 Å². The second kappa shape index (κ2) is 3.06. The van der Waals surface area contributed by atoms with Gasteiger partial charge in [-0.1, -0.05) is 0 Å². The predicted octanol–water partition coefficient (Wildman–Crippen LogP) is 2.97. The Labute approximate surface area is 80.2 Å². The minimum absolute atomic E-state index is 1.13. The number of anilines is 1. The van der Waals surface area contributed by atoms with Gasteiger partial charge in [-0.25, -0.2) is 0 Å². The predicted molar refractivity (Wildman–Crippen MR) is 57.5 cm³/mol. The fraction of sp³-hybridized carbons (Fsp3) is 0.500. The van der Waals surface area contributed by atoms with E-state index in [-0.39, 0.29) is 0 Å². The number of benzene rings is 1. The summed E-state index contributed by atoms with van der Waals surface area (Å²) in [4.78, 5) is 0. The normalized spacial score (nSPS) is 15.0. The summed E-state index contributed by atoms with van der Waals surface area (Å²) in [6, 6.07) is 2.29. The van der Waals surface area contributed by atoms with E-state index in [2.05, 4.69) is 32.2 Å². The maximum Gasteiger partial charge on any atom is 0.0378 e. The average Bonchev–Trinajstić information content (AvgIpc) is 2.15. The van der Waals surface area contributed by atoms with E-state index >= 15 is 0 Å². The molecular weight excluding hydrogens is 158 g/mol. The quantitative estimate of drug-likeness (QED) is 0.639. The minimum atomic E-state index is 1.13. The summed E-state index contributed by atoms with van der Waals surface area (Å²) in [5.74, 6) is 0. The molecule has 0 saturated heterocycles. The van der Waals surface area contributed by atoms with Crippen molar-refractivity contribution >= 4 is 5.69 Å². The second-order valence-corrected chi connectivity index (χ2v) is 4.00. The van der Waals surface area contributed by atoms with Crippen LogP contribution in [0, 0.1) is 20.8 Å². The first-order chi connectivity index (χ1) is 6.20. The first-order valence-electron chi connectivity index (χ1n) is 5.03. The number of aryl methyl sites for hydroxylation is 1.